The van der Waals surface area contributed by atoms with Crippen LogP contribution in [0, 0.1) is 0 Å². The van der Waals surface area contributed by atoms with E-state index in [2.05, 4.69) is 37.0 Å². The fraction of sp³-hybridized carbons (Fsp3) is 0.417. The summed E-state index contributed by atoms with van der Waals surface area (Å²) in [7, 11) is 1.99. The highest BCUT2D eigenvalue weighted by Gasteiger charge is 2.21. The maximum absolute atomic E-state index is 5.15. The van der Waals surface area contributed by atoms with Gasteiger partial charge in [0, 0.05) is 12.5 Å². The molecule has 0 atom stereocenters. The third-order valence-corrected chi connectivity index (χ3v) is 2.95. The summed E-state index contributed by atoms with van der Waals surface area (Å²) in [5.41, 5.74) is 3.22. The molecule has 0 saturated heterocycles. The molecule has 2 aromatic rings. The lowest BCUT2D eigenvalue weighted by molar-refractivity contribution is 0.0965. The Balaban J connectivity index is 2.46. The van der Waals surface area contributed by atoms with E-state index < -0.39 is 0 Å². The molecule has 1 aromatic heterocycles. The minimum absolute atomic E-state index is 0.0968. The zero-order chi connectivity index (χ0) is 11.8. The molecule has 0 aliphatic carbocycles. The van der Waals surface area contributed by atoms with E-state index in [1.54, 1.807) is 0 Å². The summed E-state index contributed by atoms with van der Waals surface area (Å²) in [5.74, 6) is 5.15. The Kier molecular flexibility index (Phi) is 2.69. The van der Waals surface area contributed by atoms with Crippen LogP contribution in [-0.4, -0.2) is 16.2 Å². The molecule has 0 fully saturated rings. The van der Waals surface area contributed by atoms with Crippen molar-refractivity contribution >= 4 is 11.0 Å². The normalized spacial score (nSPS) is 12.2. The lowest BCUT2D eigenvalue weighted by Gasteiger charge is -2.23. The Hall–Kier alpha value is -1.39. The van der Waals surface area contributed by atoms with Gasteiger partial charge in [0.05, 0.1) is 24.0 Å². The fourth-order valence-electron chi connectivity index (χ4n) is 1.85. The summed E-state index contributed by atoms with van der Waals surface area (Å²) in [6.45, 7) is 4.69. The third kappa shape index (κ3) is 1.81. The van der Waals surface area contributed by atoms with E-state index in [4.69, 9.17) is 10.7 Å². The Morgan fingerprint density at radius 1 is 1.44 bits per heavy atom. The van der Waals surface area contributed by atoms with E-state index in [0.29, 0.717) is 6.61 Å². The van der Waals surface area contributed by atoms with E-state index in [0.717, 1.165) is 11.0 Å². The van der Waals surface area contributed by atoms with Crippen molar-refractivity contribution < 1.29 is 4.84 Å². The topological polar surface area (TPSA) is 53.1 Å². The van der Waals surface area contributed by atoms with Crippen LogP contribution in [-0.2, 0) is 17.3 Å². The smallest absolute Gasteiger partial charge is 0.0955 e. The molecule has 4 nitrogen and oxygen atoms in total. The van der Waals surface area contributed by atoms with E-state index in [1.165, 1.54) is 5.56 Å². The second-order valence-electron chi connectivity index (χ2n) is 4.75. The molecule has 0 radical (unpaired) electrons. The van der Waals surface area contributed by atoms with Gasteiger partial charge in [0.25, 0.3) is 0 Å². The number of imidazole rings is 1. The molecule has 16 heavy (non-hydrogen) atoms. The van der Waals surface area contributed by atoms with Gasteiger partial charge in [0.1, 0.15) is 0 Å². The molecule has 0 bridgehead atoms. The molecule has 0 amide bonds. The maximum Gasteiger partial charge on any atom is 0.0955 e. The van der Waals surface area contributed by atoms with Gasteiger partial charge in [-0.3, -0.25) is 0 Å². The molecule has 0 aliphatic rings. The van der Waals surface area contributed by atoms with E-state index in [9.17, 15) is 0 Å². The van der Waals surface area contributed by atoms with Crippen LogP contribution < -0.4 is 5.90 Å². The Morgan fingerprint density at radius 3 is 2.88 bits per heavy atom. The Bertz CT molecular complexity index is 502. The van der Waals surface area contributed by atoms with Gasteiger partial charge in [-0.05, 0) is 17.7 Å². The standard InChI is InChI=1S/C12H17N3O/c1-12(2,7-16-13)9-4-5-11-10(6-9)14-8-15(11)3/h4-6,8H,7,13H2,1-3H3. The van der Waals surface area contributed by atoms with Gasteiger partial charge in [-0.2, -0.15) is 0 Å². The zero-order valence-corrected chi connectivity index (χ0v) is 9.90. The zero-order valence-electron chi connectivity index (χ0n) is 9.90. The van der Waals surface area contributed by atoms with Crippen LogP contribution in [0.2, 0.25) is 0 Å². The lowest BCUT2D eigenvalue weighted by Crippen LogP contribution is -2.26. The summed E-state index contributed by atoms with van der Waals surface area (Å²) in [6.07, 6.45) is 1.82. The van der Waals surface area contributed by atoms with Crippen molar-refractivity contribution in [2.45, 2.75) is 19.3 Å². The molecule has 0 saturated carbocycles. The van der Waals surface area contributed by atoms with Crippen molar-refractivity contribution in [3.63, 3.8) is 0 Å². The molecule has 0 spiro atoms. The second kappa shape index (κ2) is 3.88. The quantitative estimate of drug-likeness (QED) is 0.800. The monoisotopic (exact) mass is 219 g/mol. The molecule has 1 aromatic carbocycles. The van der Waals surface area contributed by atoms with Crippen molar-refractivity contribution in [2.24, 2.45) is 12.9 Å². The number of fused-ring (bicyclic) bond motifs is 1. The summed E-state index contributed by atoms with van der Waals surface area (Å²) in [4.78, 5) is 9.10. The van der Waals surface area contributed by atoms with Crippen molar-refractivity contribution in [3.8, 4) is 0 Å². The molecule has 86 valence electrons. The van der Waals surface area contributed by atoms with Gasteiger partial charge in [-0.25, -0.2) is 10.9 Å². The van der Waals surface area contributed by atoms with Crippen LogP contribution in [0.3, 0.4) is 0 Å². The first-order valence-electron chi connectivity index (χ1n) is 5.28. The highest BCUT2D eigenvalue weighted by molar-refractivity contribution is 5.76. The second-order valence-corrected chi connectivity index (χ2v) is 4.75. The number of hydrogen-bond donors (Lipinski definition) is 1. The highest BCUT2D eigenvalue weighted by atomic mass is 16.6. The number of benzene rings is 1. The molecular formula is C12H17N3O. The average Bonchev–Trinajstić information content (AvgIpc) is 2.60. The number of nitrogens with zero attached hydrogens (tertiary/aromatic N) is 2. The maximum atomic E-state index is 5.15. The minimum atomic E-state index is -0.0968. The van der Waals surface area contributed by atoms with Crippen LogP contribution >= 0.6 is 0 Å². The van der Waals surface area contributed by atoms with E-state index in [1.807, 2.05) is 17.9 Å². The molecular weight excluding hydrogens is 202 g/mol. The number of aromatic nitrogens is 2. The summed E-state index contributed by atoms with van der Waals surface area (Å²) < 4.78 is 2.01. The van der Waals surface area contributed by atoms with Crippen LogP contribution in [0.4, 0.5) is 0 Å². The molecule has 0 unspecified atom stereocenters. The SMILES string of the molecule is Cn1cnc2cc(C(C)(C)CON)ccc21. The first-order valence-corrected chi connectivity index (χ1v) is 5.28. The Labute approximate surface area is 95.0 Å². The first kappa shape index (κ1) is 11.1. The van der Waals surface area contributed by atoms with Crippen LogP contribution in [0.15, 0.2) is 24.5 Å². The number of rotatable bonds is 3. The summed E-state index contributed by atoms with van der Waals surface area (Å²) in [5, 5.41) is 0. The molecule has 0 aliphatic heterocycles. The third-order valence-electron chi connectivity index (χ3n) is 2.95. The predicted molar refractivity (Wildman–Crippen MR) is 63.9 cm³/mol. The largest absolute Gasteiger partial charge is 0.334 e. The average molecular weight is 219 g/mol. The number of hydrogen-bond acceptors (Lipinski definition) is 3. The van der Waals surface area contributed by atoms with Crippen LogP contribution in [0.1, 0.15) is 19.4 Å². The minimum Gasteiger partial charge on any atom is -0.334 e. The molecule has 2 N–H and O–H groups in total. The van der Waals surface area contributed by atoms with Gasteiger partial charge < -0.3 is 9.40 Å². The predicted octanol–water partition coefficient (Wildman–Crippen LogP) is 1.74. The molecule has 2 rings (SSSR count). The van der Waals surface area contributed by atoms with Crippen LogP contribution in [0.5, 0.6) is 0 Å². The van der Waals surface area contributed by atoms with Gasteiger partial charge in [0.15, 0.2) is 0 Å². The van der Waals surface area contributed by atoms with Crippen molar-refractivity contribution in [1.29, 1.82) is 0 Å². The van der Waals surface area contributed by atoms with Crippen LogP contribution in [0.25, 0.3) is 11.0 Å². The number of aryl methyl sites for hydroxylation is 1. The van der Waals surface area contributed by atoms with Gasteiger partial charge >= 0.3 is 0 Å². The summed E-state index contributed by atoms with van der Waals surface area (Å²) >= 11 is 0. The molecule has 4 heteroatoms. The first-order chi connectivity index (χ1) is 7.54. The fourth-order valence-corrected chi connectivity index (χ4v) is 1.85. The van der Waals surface area contributed by atoms with Crippen molar-refractivity contribution in [3.05, 3.63) is 30.1 Å². The lowest BCUT2D eigenvalue weighted by atomic mass is 9.85. The summed E-state index contributed by atoms with van der Waals surface area (Å²) in [6, 6.07) is 6.27. The molecule has 1 heterocycles. The van der Waals surface area contributed by atoms with Crippen molar-refractivity contribution in [1.82, 2.24) is 9.55 Å². The Morgan fingerprint density at radius 2 is 2.19 bits per heavy atom. The van der Waals surface area contributed by atoms with Gasteiger partial charge in [-0.15, -0.1) is 0 Å². The van der Waals surface area contributed by atoms with E-state index >= 15 is 0 Å². The van der Waals surface area contributed by atoms with Gasteiger partial charge in [0.2, 0.25) is 0 Å². The highest BCUT2D eigenvalue weighted by Crippen LogP contribution is 2.26. The van der Waals surface area contributed by atoms with Gasteiger partial charge in [-0.1, -0.05) is 19.9 Å². The number of nitrogens with two attached hydrogens (primary N) is 1. The van der Waals surface area contributed by atoms with Crippen molar-refractivity contribution in [2.75, 3.05) is 6.61 Å². The van der Waals surface area contributed by atoms with E-state index in [-0.39, 0.29) is 5.41 Å².